The first-order chi connectivity index (χ1) is 7.38. The molecule has 1 fully saturated rings. The molecule has 0 unspecified atom stereocenters. The summed E-state index contributed by atoms with van der Waals surface area (Å²) in [4.78, 5) is 23.0. The van der Waals surface area contributed by atoms with Gasteiger partial charge in [0, 0.05) is 13.0 Å². The third-order valence-corrected chi connectivity index (χ3v) is 2.20. The van der Waals surface area contributed by atoms with E-state index in [9.17, 15) is 9.59 Å². The number of carbonyl (C=O) groups excluding carboxylic acids is 2. The number of nitrogens with one attached hydrogen (secondary N) is 1. The predicted molar refractivity (Wildman–Crippen MR) is 59.6 cm³/mol. The van der Waals surface area contributed by atoms with Gasteiger partial charge in [-0.3, -0.25) is 9.80 Å². The van der Waals surface area contributed by atoms with Crippen LogP contribution in [0.1, 0.15) is 46.5 Å². The van der Waals surface area contributed by atoms with Crippen LogP contribution in [-0.2, 0) is 9.53 Å². The number of amides is 2. The molecular weight excluding hydrogens is 208 g/mol. The normalized spacial score (nSPS) is 17.9. The van der Waals surface area contributed by atoms with Crippen molar-refractivity contribution in [3.63, 3.8) is 0 Å². The van der Waals surface area contributed by atoms with E-state index in [2.05, 4.69) is 5.43 Å². The van der Waals surface area contributed by atoms with Gasteiger partial charge in [-0.05, 0) is 33.6 Å². The van der Waals surface area contributed by atoms with Crippen LogP contribution in [0.15, 0.2) is 0 Å². The summed E-state index contributed by atoms with van der Waals surface area (Å²) in [5.74, 6) is -0.0386. The highest BCUT2D eigenvalue weighted by Gasteiger charge is 2.22. The van der Waals surface area contributed by atoms with Crippen molar-refractivity contribution in [3.05, 3.63) is 0 Å². The van der Waals surface area contributed by atoms with E-state index >= 15 is 0 Å². The Labute approximate surface area is 96.1 Å². The maximum atomic E-state index is 11.6. The molecule has 0 aliphatic carbocycles. The van der Waals surface area contributed by atoms with Crippen LogP contribution in [0.5, 0.6) is 0 Å². The lowest BCUT2D eigenvalue weighted by atomic mass is 10.2. The zero-order chi connectivity index (χ0) is 12.2. The monoisotopic (exact) mass is 228 g/mol. The van der Waals surface area contributed by atoms with Gasteiger partial charge >= 0.3 is 6.09 Å². The summed E-state index contributed by atoms with van der Waals surface area (Å²) in [5.41, 5.74) is 1.95. The van der Waals surface area contributed by atoms with E-state index in [1.807, 2.05) is 0 Å². The maximum absolute atomic E-state index is 11.6. The quantitative estimate of drug-likeness (QED) is 0.744. The molecule has 2 amide bonds. The molecule has 5 nitrogen and oxygen atoms in total. The third kappa shape index (κ3) is 4.51. The van der Waals surface area contributed by atoms with Gasteiger partial charge in [-0.15, -0.1) is 0 Å². The van der Waals surface area contributed by atoms with E-state index in [0.29, 0.717) is 13.0 Å². The fourth-order valence-electron chi connectivity index (χ4n) is 1.51. The summed E-state index contributed by atoms with van der Waals surface area (Å²) in [6, 6.07) is 0. The van der Waals surface area contributed by atoms with Gasteiger partial charge in [0.2, 0.25) is 5.91 Å². The summed E-state index contributed by atoms with van der Waals surface area (Å²) in [6.45, 7) is 5.93. The Balaban J connectivity index is 2.45. The topological polar surface area (TPSA) is 58.6 Å². The molecule has 1 aliphatic rings. The highest BCUT2D eigenvalue weighted by atomic mass is 16.6. The highest BCUT2D eigenvalue weighted by Crippen LogP contribution is 2.10. The summed E-state index contributed by atoms with van der Waals surface area (Å²) < 4.78 is 5.09. The molecule has 92 valence electrons. The van der Waals surface area contributed by atoms with Crippen molar-refractivity contribution in [1.82, 2.24) is 10.4 Å². The number of hydrogen-bond donors (Lipinski definition) is 1. The Hall–Kier alpha value is -1.26. The van der Waals surface area contributed by atoms with Crippen molar-refractivity contribution in [1.29, 1.82) is 0 Å². The van der Waals surface area contributed by atoms with Gasteiger partial charge in [0.05, 0.1) is 0 Å². The summed E-state index contributed by atoms with van der Waals surface area (Å²) in [5, 5.41) is 1.36. The average Bonchev–Trinajstić information content (AvgIpc) is 2.29. The van der Waals surface area contributed by atoms with Gasteiger partial charge in [0.15, 0.2) is 0 Å². The molecule has 0 spiro atoms. The SMILES string of the molecule is CC(C)(C)OC(=O)NN1CCCCCC1=O. The van der Waals surface area contributed by atoms with Crippen molar-refractivity contribution < 1.29 is 14.3 Å². The Morgan fingerprint density at radius 1 is 1.31 bits per heavy atom. The molecule has 1 aliphatic heterocycles. The number of hydrogen-bond acceptors (Lipinski definition) is 3. The van der Waals surface area contributed by atoms with Gasteiger partial charge in [0.25, 0.3) is 0 Å². The molecule has 0 radical (unpaired) electrons. The summed E-state index contributed by atoms with van der Waals surface area (Å²) >= 11 is 0. The van der Waals surface area contributed by atoms with Crippen molar-refractivity contribution in [2.45, 2.75) is 52.1 Å². The second-order valence-corrected chi connectivity index (χ2v) is 4.97. The lowest BCUT2D eigenvalue weighted by molar-refractivity contribution is -0.133. The van der Waals surface area contributed by atoms with Crippen LogP contribution in [0.2, 0.25) is 0 Å². The molecule has 5 heteroatoms. The van der Waals surface area contributed by atoms with Gasteiger partial charge in [0.1, 0.15) is 5.60 Å². The van der Waals surface area contributed by atoms with E-state index in [1.165, 1.54) is 5.01 Å². The van der Waals surface area contributed by atoms with Gasteiger partial charge in [-0.25, -0.2) is 10.2 Å². The number of hydrazine groups is 1. The molecule has 0 aromatic heterocycles. The molecule has 1 heterocycles. The zero-order valence-electron chi connectivity index (χ0n) is 10.2. The zero-order valence-corrected chi connectivity index (χ0v) is 10.2. The fourth-order valence-corrected chi connectivity index (χ4v) is 1.51. The summed E-state index contributed by atoms with van der Waals surface area (Å²) in [6.07, 6.45) is 2.77. The molecule has 0 aromatic rings. The predicted octanol–water partition coefficient (Wildman–Crippen LogP) is 1.83. The lowest BCUT2D eigenvalue weighted by Gasteiger charge is -2.25. The van der Waals surface area contributed by atoms with Crippen LogP contribution in [0.4, 0.5) is 4.79 Å². The minimum absolute atomic E-state index is 0.0386. The molecular formula is C11H20N2O3. The number of ether oxygens (including phenoxy) is 1. The van der Waals surface area contributed by atoms with Crippen molar-refractivity contribution in [3.8, 4) is 0 Å². The molecule has 0 bridgehead atoms. The Morgan fingerprint density at radius 3 is 2.62 bits per heavy atom. The smallest absolute Gasteiger partial charge is 0.426 e. The Kier molecular flexibility index (Phi) is 4.15. The van der Waals surface area contributed by atoms with Crippen LogP contribution in [0.25, 0.3) is 0 Å². The molecule has 1 N–H and O–H groups in total. The minimum Gasteiger partial charge on any atom is -0.443 e. The van der Waals surface area contributed by atoms with E-state index in [1.54, 1.807) is 20.8 Å². The first-order valence-electron chi connectivity index (χ1n) is 5.68. The van der Waals surface area contributed by atoms with Crippen LogP contribution in [0, 0.1) is 0 Å². The maximum Gasteiger partial charge on any atom is 0.426 e. The van der Waals surface area contributed by atoms with E-state index in [4.69, 9.17) is 4.74 Å². The van der Waals surface area contributed by atoms with Gasteiger partial charge in [-0.2, -0.15) is 0 Å². The number of nitrogens with zero attached hydrogens (tertiary/aromatic N) is 1. The second kappa shape index (κ2) is 5.18. The molecule has 16 heavy (non-hydrogen) atoms. The molecule has 0 atom stereocenters. The van der Waals surface area contributed by atoms with E-state index in [-0.39, 0.29) is 5.91 Å². The standard InChI is InChI=1S/C11H20N2O3/c1-11(2,3)16-10(15)12-13-8-6-4-5-7-9(13)14/h4-8H2,1-3H3,(H,12,15). The highest BCUT2D eigenvalue weighted by molar-refractivity contribution is 5.79. The van der Waals surface area contributed by atoms with Crippen LogP contribution in [0.3, 0.4) is 0 Å². The molecule has 0 aromatic carbocycles. The van der Waals surface area contributed by atoms with E-state index in [0.717, 1.165) is 19.3 Å². The lowest BCUT2D eigenvalue weighted by Crippen LogP contribution is -2.47. The van der Waals surface area contributed by atoms with E-state index < -0.39 is 11.7 Å². The van der Waals surface area contributed by atoms with Gasteiger partial charge in [-0.1, -0.05) is 6.42 Å². The second-order valence-electron chi connectivity index (χ2n) is 4.97. The largest absolute Gasteiger partial charge is 0.443 e. The summed E-state index contributed by atoms with van der Waals surface area (Å²) in [7, 11) is 0. The number of carbonyl (C=O) groups is 2. The van der Waals surface area contributed by atoms with Crippen molar-refractivity contribution in [2.75, 3.05) is 6.54 Å². The third-order valence-electron chi connectivity index (χ3n) is 2.20. The number of rotatable bonds is 1. The minimum atomic E-state index is -0.567. The first kappa shape index (κ1) is 12.8. The average molecular weight is 228 g/mol. The molecule has 1 rings (SSSR count). The van der Waals surface area contributed by atoms with Crippen LogP contribution in [-0.4, -0.2) is 29.2 Å². The van der Waals surface area contributed by atoms with Gasteiger partial charge < -0.3 is 4.74 Å². The van der Waals surface area contributed by atoms with Crippen molar-refractivity contribution >= 4 is 12.0 Å². The first-order valence-corrected chi connectivity index (χ1v) is 5.68. The van der Waals surface area contributed by atoms with Crippen LogP contribution < -0.4 is 5.43 Å². The van der Waals surface area contributed by atoms with Crippen LogP contribution >= 0.6 is 0 Å². The molecule has 1 saturated heterocycles. The Morgan fingerprint density at radius 2 is 2.00 bits per heavy atom. The fraction of sp³-hybridized carbons (Fsp3) is 0.818. The van der Waals surface area contributed by atoms with Crippen molar-refractivity contribution in [2.24, 2.45) is 0 Å². The Bertz CT molecular complexity index is 271. The molecule has 0 saturated carbocycles.